The van der Waals surface area contributed by atoms with E-state index in [2.05, 4.69) is 13.2 Å². The molecule has 0 aromatic heterocycles. The first-order valence-electron chi connectivity index (χ1n) is 2.99. The van der Waals surface area contributed by atoms with E-state index in [1.54, 1.807) is 6.08 Å². The van der Waals surface area contributed by atoms with Crippen molar-refractivity contribution in [1.82, 2.24) is 0 Å². The molecule has 0 aliphatic heterocycles. The summed E-state index contributed by atoms with van der Waals surface area (Å²) in [6.45, 7) is 11.1. The quantitative estimate of drug-likeness (QED) is 0.565. The molecular formula is C8H16O. The van der Waals surface area contributed by atoms with Gasteiger partial charge in [-0.1, -0.05) is 11.6 Å². The lowest BCUT2D eigenvalue weighted by Crippen LogP contribution is -1.71. The molecule has 54 valence electrons. The molecule has 0 atom stereocenters. The smallest absolute Gasteiger partial charge is 0.0465 e. The summed E-state index contributed by atoms with van der Waals surface area (Å²) in [6, 6.07) is 0. The van der Waals surface area contributed by atoms with E-state index in [0.717, 1.165) is 0 Å². The lowest BCUT2D eigenvalue weighted by molar-refractivity contribution is 0.303. The largest absolute Gasteiger partial charge is 0.396 e. The topological polar surface area (TPSA) is 20.2 Å². The van der Waals surface area contributed by atoms with E-state index < -0.39 is 0 Å². The van der Waals surface area contributed by atoms with Crippen molar-refractivity contribution in [1.29, 1.82) is 0 Å². The maximum Gasteiger partial charge on any atom is 0.0465 e. The number of hydrogen-bond donors (Lipinski definition) is 1. The van der Waals surface area contributed by atoms with Gasteiger partial charge in [0, 0.05) is 6.61 Å². The van der Waals surface area contributed by atoms with Crippen LogP contribution in [0.5, 0.6) is 0 Å². The highest BCUT2D eigenvalue weighted by atomic mass is 16.2. The summed E-state index contributed by atoms with van der Waals surface area (Å²) in [4.78, 5) is 0. The maximum atomic E-state index is 8.00. The van der Waals surface area contributed by atoms with E-state index in [-0.39, 0.29) is 6.61 Å². The predicted octanol–water partition coefficient (Wildman–Crippen LogP) is 2.14. The lowest BCUT2D eigenvalue weighted by Gasteiger charge is -1.73. The van der Waals surface area contributed by atoms with Crippen LogP contribution in [-0.4, -0.2) is 11.7 Å². The standard InChI is InChI=1S/C4H8O.C4H8/c1-2-3-4-5;1-4(2)3/h2,5H,1,3-4H2;1H2,2-3H3. The molecule has 0 aliphatic rings. The van der Waals surface area contributed by atoms with E-state index in [4.69, 9.17) is 5.11 Å². The van der Waals surface area contributed by atoms with Gasteiger partial charge in [0.25, 0.3) is 0 Å². The summed E-state index contributed by atoms with van der Waals surface area (Å²) >= 11 is 0. The van der Waals surface area contributed by atoms with Crippen LogP contribution in [-0.2, 0) is 0 Å². The molecular weight excluding hydrogens is 112 g/mol. The molecule has 0 rings (SSSR count). The lowest BCUT2D eigenvalue weighted by atomic mass is 10.4. The molecule has 0 saturated heterocycles. The van der Waals surface area contributed by atoms with Gasteiger partial charge in [-0.3, -0.25) is 0 Å². The van der Waals surface area contributed by atoms with Gasteiger partial charge in [-0.2, -0.15) is 0 Å². The fourth-order valence-electron chi connectivity index (χ4n) is 0.0913. The van der Waals surface area contributed by atoms with E-state index in [9.17, 15) is 0 Å². The van der Waals surface area contributed by atoms with Gasteiger partial charge in [-0.15, -0.1) is 13.2 Å². The Morgan fingerprint density at radius 1 is 1.56 bits per heavy atom. The van der Waals surface area contributed by atoms with Crippen LogP contribution in [0.2, 0.25) is 0 Å². The third-order valence-electron chi connectivity index (χ3n) is 0.333. The molecule has 0 saturated carbocycles. The van der Waals surface area contributed by atoms with Gasteiger partial charge in [-0.05, 0) is 20.3 Å². The van der Waals surface area contributed by atoms with Crippen molar-refractivity contribution in [2.45, 2.75) is 20.3 Å². The van der Waals surface area contributed by atoms with Crippen molar-refractivity contribution >= 4 is 0 Å². The number of rotatable bonds is 2. The zero-order valence-electron chi connectivity index (χ0n) is 6.35. The number of aliphatic hydroxyl groups excluding tert-OH is 1. The highest BCUT2D eigenvalue weighted by molar-refractivity contribution is 4.78. The molecule has 0 heterocycles. The zero-order valence-corrected chi connectivity index (χ0v) is 6.35. The van der Waals surface area contributed by atoms with Gasteiger partial charge in [0.05, 0.1) is 0 Å². The molecule has 1 heteroatoms. The normalized spacial score (nSPS) is 7.00. The van der Waals surface area contributed by atoms with E-state index in [1.165, 1.54) is 5.57 Å². The summed E-state index contributed by atoms with van der Waals surface area (Å²) in [5, 5.41) is 8.00. The Bertz CT molecular complexity index is 70.6. The van der Waals surface area contributed by atoms with Crippen LogP contribution >= 0.6 is 0 Å². The van der Waals surface area contributed by atoms with Crippen LogP contribution in [0, 0.1) is 0 Å². The Labute approximate surface area is 57.7 Å². The third-order valence-corrected chi connectivity index (χ3v) is 0.333. The fraction of sp³-hybridized carbons (Fsp3) is 0.500. The van der Waals surface area contributed by atoms with Gasteiger partial charge in [-0.25, -0.2) is 0 Å². The van der Waals surface area contributed by atoms with Crippen molar-refractivity contribution in [3.63, 3.8) is 0 Å². The van der Waals surface area contributed by atoms with E-state index in [0.29, 0.717) is 6.42 Å². The van der Waals surface area contributed by atoms with Crippen molar-refractivity contribution in [2.24, 2.45) is 0 Å². The Balaban J connectivity index is 0. The zero-order chi connectivity index (χ0) is 7.70. The molecule has 0 unspecified atom stereocenters. The van der Waals surface area contributed by atoms with Crippen molar-refractivity contribution in [2.75, 3.05) is 6.61 Å². The van der Waals surface area contributed by atoms with Crippen LogP contribution in [0.25, 0.3) is 0 Å². The Kier molecular flexibility index (Phi) is 13.1. The second kappa shape index (κ2) is 10.4. The molecule has 1 N–H and O–H groups in total. The van der Waals surface area contributed by atoms with Gasteiger partial charge in [0.2, 0.25) is 0 Å². The summed E-state index contributed by atoms with van der Waals surface area (Å²) < 4.78 is 0. The highest BCUT2D eigenvalue weighted by Crippen LogP contribution is 1.73. The minimum atomic E-state index is 0.226. The van der Waals surface area contributed by atoms with Gasteiger partial charge < -0.3 is 5.11 Å². The molecule has 0 aliphatic carbocycles. The summed E-state index contributed by atoms with van der Waals surface area (Å²) in [7, 11) is 0. The molecule has 0 spiro atoms. The van der Waals surface area contributed by atoms with Crippen molar-refractivity contribution < 1.29 is 5.11 Å². The average Bonchev–Trinajstić information content (AvgIpc) is 1.66. The molecule has 0 radical (unpaired) electrons. The van der Waals surface area contributed by atoms with Gasteiger partial charge >= 0.3 is 0 Å². The first-order chi connectivity index (χ1) is 4.15. The molecule has 0 aromatic rings. The second-order valence-corrected chi connectivity index (χ2v) is 2.01. The molecule has 0 amide bonds. The summed E-state index contributed by atoms with van der Waals surface area (Å²) in [5.74, 6) is 0. The number of allylic oxidation sites excluding steroid dienone is 1. The maximum absolute atomic E-state index is 8.00. The Morgan fingerprint density at radius 3 is 1.89 bits per heavy atom. The van der Waals surface area contributed by atoms with Crippen LogP contribution in [0.4, 0.5) is 0 Å². The average molecular weight is 128 g/mol. The van der Waals surface area contributed by atoms with Crippen LogP contribution in [0.15, 0.2) is 24.8 Å². The summed E-state index contributed by atoms with van der Waals surface area (Å²) in [5.41, 5.74) is 1.17. The van der Waals surface area contributed by atoms with Crippen LogP contribution < -0.4 is 0 Å². The monoisotopic (exact) mass is 128 g/mol. The van der Waals surface area contributed by atoms with Gasteiger partial charge in [0.15, 0.2) is 0 Å². The third kappa shape index (κ3) is 106. The van der Waals surface area contributed by atoms with Crippen LogP contribution in [0.1, 0.15) is 20.3 Å². The molecule has 0 aromatic carbocycles. The fourth-order valence-corrected chi connectivity index (χ4v) is 0.0913. The summed E-state index contributed by atoms with van der Waals surface area (Å²) in [6.07, 6.45) is 2.39. The first-order valence-corrected chi connectivity index (χ1v) is 2.99. The SMILES string of the molecule is C=C(C)C.C=CCCO. The predicted molar refractivity (Wildman–Crippen MR) is 42.4 cm³/mol. The van der Waals surface area contributed by atoms with Crippen LogP contribution in [0.3, 0.4) is 0 Å². The number of aliphatic hydroxyl groups is 1. The molecule has 0 bridgehead atoms. The van der Waals surface area contributed by atoms with Crippen molar-refractivity contribution in [3.05, 3.63) is 24.8 Å². The highest BCUT2D eigenvalue weighted by Gasteiger charge is 1.62. The van der Waals surface area contributed by atoms with Gasteiger partial charge in [0.1, 0.15) is 0 Å². The Hall–Kier alpha value is -0.560. The van der Waals surface area contributed by atoms with Crippen molar-refractivity contribution in [3.8, 4) is 0 Å². The molecule has 9 heavy (non-hydrogen) atoms. The minimum absolute atomic E-state index is 0.226. The molecule has 0 fully saturated rings. The number of hydrogen-bond acceptors (Lipinski definition) is 1. The second-order valence-electron chi connectivity index (χ2n) is 2.01. The first kappa shape index (κ1) is 11.3. The minimum Gasteiger partial charge on any atom is -0.396 e. The molecule has 1 nitrogen and oxygen atoms in total. The van der Waals surface area contributed by atoms with E-state index in [1.807, 2.05) is 13.8 Å². The van der Waals surface area contributed by atoms with E-state index >= 15 is 0 Å². The Morgan fingerprint density at radius 2 is 1.89 bits per heavy atom.